The van der Waals surface area contributed by atoms with E-state index in [1.54, 1.807) is 0 Å². The highest BCUT2D eigenvalue weighted by Crippen LogP contribution is 2.28. The lowest BCUT2D eigenvalue weighted by Gasteiger charge is -2.20. The number of hydrogen-bond donors (Lipinski definition) is 1. The van der Waals surface area contributed by atoms with Crippen LogP contribution in [0, 0.1) is 0 Å². The molecule has 0 unspecified atom stereocenters. The molecule has 1 aliphatic heterocycles. The van der Waals surface area contributed by atoms with E-state index in [9.17, 15) is 0 Å². The van der Waals surface area contributed by atoms with Gasteiger partial charge >= 0.3 is 0 Å². The number of aryl methyl sites for hydroxylation is 1. The van der Waals surface area contributed by atoms with E-state index in [2.05, 4.69) is 18.2 Å². The molecule has 2 N–H and O–H groups in total. The number of nitrogens with two attached hydrogens (primary N) is 1. The molecule has 2 nitrogen and oxygen atoms in total. The maximum atomic E-state index is 5.61. The molecule has 2 rings (SSSR count). The first kappa shape index (κ1) is 9.53. The van der Waals surface area contributed by atoms with E-state index in [1.807, 2.05) is 0 Å². The predicted molar refractivity (Wildman–Crippen MR) is 57.6 cm³/mol. The molecule has 0 fully saturated rings. The van der Waals surface area contributed by atoms with Crippen LogP contribution in [-0.2, 0) is 12.8 Å². The van der Waals surface area contributed by atoms with Crippen molar-refractivity contribution in [2.24, 2.45) is 5.73 Å². The predicted octanol–water partition coefficient (Wildman–Crippen LogP) is 1.90. The molecule has 0 aromatic heterocycles. The van der Waals surface area contributed by atoms with Gasteiger partial charge < -0.3 is 10.5 Å². The van der Waals surface area contributed by atoms with Gasteiger partial charge in [0.2, 0.25) is 0 Å². The van der Waals surface area contributed by atoms with Crippen LogP contribution >= 0.6 is 0 Å². The molecular formula is C12H17NO. The summed E-state index contributed by atoms with van der Waals surface area (Å²) < 4.78 is 5.61. The van der Waals surface area contributed by atoms with E-state index < -0.39 is 0 Å². The van der Waals surface area contributed by atoms with E-state index in [0.717, 1.165) is 44.6 Å². The Labute approximate surface area is 85.1 Å². The summed E-state index contributed by atoms with van der Waals surface area (Å²) in [7, 11) is 0. The summed E-state index contributed by atoms with van der Waals surface area (Å²) in [5.41, 5.74) is 8.35. The first-order valence-corrected chi connectivity index (χ1v) is 5.35. The summed E-state index contributed by atoms with van der Waals surface area (Å²) in [6.45, 7) is 1.64. The number of fused-ring (bicyclic) bond motifs is 1. The van der Waals surface area contributed by atoms with Crippen molar-refractivity contribution >= 4 is 0 Å². The smallest absolute Gasteiger partial charge is 0.122 e. The molecule has 1 heterocycles. The quantitative estimate of drug-likeness (QED) is 0.792. The van der Waals surface area contributed by atoms with Crippen LogP contribution in [0.25, 0.3) is 0 Å². The minimum absolute atomic E-state index is 0.768. The molecule has 0 saturated heterocycles. The highest BCUT2D eigenvalue weighted by Gasteiger charge is 2.12. The zero-order valence-electron chi connectivity index (χ0n) is 8.46. The molecule has 0 atom stereocenters. The van der Waals surface area contributed by atoms with Gasteiger partial charge in [0.15, 0.2) is 0 Å². The SMILES string of the molecule is NCCCc1cccc2c1CCCO2. The van der Waals surface area contributed by atoms with E-state index in [0.29, 0.717) is 0 Å². The van der Waals surface area contributed by atoms with Gasteiger partial charge in [-0.1, -0.05) is 12.1 Å². The lowest BCUT2D eigenvalue weighted by atomic mass is 9.97. The van der Waals surface area contributed by atoms with Gasteiger partial charge in [-0.2, -0.15) is 0 Å². The Bertz CT molecular complexity index is 309. The fraction of sp³-hybridized carbons (Fsp3) is 0.500. The second-order valence-electron chi connectivity index (χ2n) is 3.74. The fourth-order valence-electron chi connectivity index (χ4n) is 1.99. The van der Waals surface area contributed by atoms with Crippen molar-refractivity contribution < 1.29 is 4.74 Å². The molecular weight excluding hydrogens is 174 g/mol. The molecule has 0 spiro atoms. The second-order valence-corrected chi connectivity index (χ2v) is 3.74. The average molecular weight is 191 g/mol. The monoisotopic (exact) mass is 191 g/mol. The summed E-state index contributed by atoms with van der Waals surface area (Å²) in [6, 6.07) is 6.35. The van der Waals surface area contributed by atoms with Gasteiger partial charge in [0.05, 0.1) is 6.61 Å². The van der Waals surface area contributed by atoms with Gasteiger partial charge in [-0.3, -0.25) is 0 Å². The van der Waals surface area contributed by atoms with Gasteiger partial charge in [-0.05, 0) is 49.4 Å². The standard InChI is InChI=1S/C12H17NO/c13-8-2-5-10-4-1-7-12-11(10)6-3-9-14-12/h1,4,7H,2-3,5-6,8-9,13H2. The Kier molecular flexibility index (Phi) is 3.04. The fourth-order valence-corrected chi connectivity index (χ4v) is 1.99. The van der Waals surface area contributed by atoms with Gasteiger partial charge in [0.1, 0.15) is 5.75 Å². The largest absolute Gasteiger partial charge is 0.493 e. The van der Waals surface area contributed by atoms with Crippen LogP contribution < -0.4 is 10.5 Å². The van der Waals surface area contributed by atoms with E-state index >= 15 is 0 Å². The first-order valence-electron chi connectivity index (χ1n) is 5.35. The molecule has 0 aliphatic carbocycles. The Morgan fingerprint density at radius 2 is 2.29 bits per heavy atom. The van der Waals surface area contributed by atoms with E-state index in [1.165, 1.54) is 11.1 Å². The minimum atomic E-state index is 0.768. The summed E-state index contributed by atoms with van der Waals surface area (Å²) in [5.74, 6) is 1.09. The van der Waals surface area contributed by atoms with Crippen molar-refractivity contribution in [3.63, 3.8) is 0 Å². The second kappa shape index (κ2) is 4.47. The Hall–Kier alpha value is -1.02. The van der Waals surface area contributed by atoms with Crippen LogP contribution in [0.2, 0.25) is 0 Å². The van der Waals surface area contributed by atoms with Gasteiger partial charge in [-0.15, -0.1) is 0 Å². The van der Waals surface area contributed by atoms with Gasteiger partial charge in [0, 0.05) is 0 Å². The molecule has 0 radical (unpaired) electrons. The summed E-state index contributed by atoms with van der Waals surface area (Å²) >= 11 is 0. The molecule has 1 aliphatic rings. The van der Waals surface area contributed by atoms with Crippen LogP contribution in [-0.4, -0.2) is 13.2 Å². The molecule has 76 valence electrons. The van der Waals surface area contributed by atoms with Crippen LogP contribution in [0.5, 0.6) is 5.75 Å². The van der Waals surface area contributed by atoms with Crippen LogP contribution in [0.4, 0.5) is 0 Å². The van der Waals surface area contributed by atoms with E-state index in [-0.39, 0.29) is 0 Å². The van der Waals surface area contributed by atoms with Gasteiger partial charge in [0.25, 0.3) is 0 Å². The molecule has 1 aromatic carbocycles. The number of ether oxygens (including phenoxy) is 1. The highest BCUT2D eigenvalue weighted by molar-refractivity contribution is 5.41. The molecule has 0 amide bonds. The summed E-state index contributed by atoms with van der Waals surface area (Å²) in [4.78, 5) is 0. The number of hydrogen-bond acceptors (Lipinski definition) is 2. The van der Waals surface area contributed by atoms with Crippen LogP contribution in [0.3, 0.4) is 0 Å². The molecule has 0 bridgehead atoms. The molecule has 0 saturated carbocycles. The molecule has 14 heavy (non-hydrogen) atoms. The summed E-state index contributed by atoms with van der Waals surface area (Å²) in [6.07, 6.45) is 4.46. The molecule has 1 aromatic rings. The average Bonchev–Trinajstić information content (AvgIpc) is 2.26. The van der Waals surface area contributed by atoms with Crippen molar-refractivity contribution in [1.82, 2.24) is 0 Å². The Morgan fingerprint density at radius 1 is 1.36 bits per heavy atom. The van der Waals surface area contributed by atoms with Crippen molar-refractivity contribution in [2.45, 2.75) is 25.7 Å². The lowest BCUT2D eigenvalue weighted by molar-refractivity contribution is 0.287. The van der Waals surface area contributed by atoms with Crippen LogP contribution in [0.1, 0.15) is 24.0 Å². The van der Waals surface area contributed by atoms with Gasteiger partial charge in [-0.25, -0.2) is 0 Å². The topological polar surface area (TPSA) is 35.2 Å². The first-order chi connectivity index (χ1) is 6.92. The van der Waals surface area contributed by atoms with Crippen molar-refractivity contribution in [3.05, 3.63) is 29.3 Å². The zero-order valence-corrected chi connectivity index (χ0v) is 8.46. The highest BCUT2D eigenvalue weighted by atomic mass is 16.5. The third kappa shape index (κ3) is 1.90. The normalized spacial score (nSPS) is 14.6. The Morgan fingerprint density at radius 3 is 3.14 bits per heavy atom. The maximum absolute atomic E-state index is 5.61. The zero-order chi connectivity index (χ0) is 9.80. The lowest BCUT2D eigenvalue weighted by Crippen LogP contribution is -2.11. The maximum Gasteiger partial charge on any atom is 0.122 e. The Balaban J connectivity index is 2.21. The third-order valence-electron chi connectivity index (χ3n) is 2.71. The van der Waals surface area contributed by atoms with Crippen LogP contribution in [0.15, 0.2) is 18.2 Å². The minimum Gasteiger partial charge on any atom is -0.493 e. The molecule has 2 heteroatoms. The van der Waals surface area contributed by atoms with Crippen molar-refractivity contribution in [1.29, 1.82) is 0 Å². The van der Waals surface area contributed by atoms with E-state index in [4.69, 9.17) is 10.5 Å². The number of benzene rings is 1. The van der Waals surface area contributed by atoms with Crippen molar-refractivity contribution in [2.75, 3.05) is 13.2 Å². The third-order valence-corrected chi connectivity index (χ3v) is 2.71. The number of rotatable bonds is 3. The van der Waals surface area contributed by atoms with Crippen molar-refractivity contribution in [3.8, 4) is 5.75 Å². The summed E-state index contributed by atoms with van der Waals surface area (Å²) in [5, 5.41) is 0.